The van der Waals surface area contributed by atoms with Crippen molar-refractivity contribution in [2.24, 2.45) is 16.4 Å². The summed E-state index contributed by atoms with van der Waals surface area (Å²) in [5.74, 6) is 0.555. The van der Waals surface area contributed by atoms with Crippen LogP contribution in [0, 0.1) is 11.3 Å². The Morgan fingerprint density at radius 2 is 2.14 bits per heavy atom. The van der Waals surface area contributed by atoms with Gasteiger partial charge in [-0.2, -0.15) is 0 Å². The third-order valence-electron chi connectivity index (χ3n) is 2.95. The highest BCUT2D eigenvalue weighted by atomic mass is 16.1. The van der Waals surface area contributed by atoms with E-state index in [-0.39, 0.29) is 17.2 Å². The SMILES string of the molecule is CC(C)(C)C1CCC(=O)CC1N=[N+]=[N-]. The lowest BCUT2D eigenvalue weighted by Crippen LogP contribution is -2.36. The first-order chi connectivity index (χ1) is 6.45. The van der Waals surface area contributed by atoms with Gasteiger partial charge in [-0.25, -0.2) is 0 Å². The van der Waals surface area contributed by atoms with Gasteiger partial charge in [0.2, 0.25) is 0 Å². The molecule has 0 amide bonds. The molecule has 1 aliphatic rings. The highest BCUT2D eigenvalue weighted by Crippen LogP contribution is 2.38. The average molecular weight is 195 g/mol. The lowest BCUT2D eigenvalue weighted by molar-refractivity contribution is -0.122. The van der Waals surface area contributed by atoms with Gasteiger partial charge in [0.25, 0.3) is 0 Å². The summed E-state index contributed by atoms with van der Waals surface area (Å²) in [5, 5.41) is 3.74. The van der Waals surface area contributed by atoms with Crippen molar-refractivity contribution in [3.05, 3.63) is 10.4 Å². The Labute approximate surface area is 84.3 Å². The number of hydrogen-bond acceptors (Lipinski definition) is 2. The molecule has 2 unspecified atom stereocenters. The van der Waals surface area contributed by atoms with Crippen molar-refractivity contribution in [2.45, 2.75) is 46.1 Å². The Morgan fingerprint density at radius 1 is 1.50 bits per heavy atom. The topological polar surface area (TPSA) is 65.8 Å². The summed E-state index contributed by atoms with van der Waals surface area (Å²) in [5.41, 5.74) is 8.55. The maximum absolute atomic E-state index is 11.2. The fourth-order valence-electron chi connectivity index (χ4n) is 2.18. The smallest absolute Gasteiger partial charge is 0.133 e. The predicted molar refractivity (Wildman–Crippen MR) is 54.7 cm³/mol. The Balaban J connectivity index is 2.82. The van der Waals surface area contributed by atoms with Crippen LogP contribution in [-0.4, -0.2) is 11.8 Å². The second kappa shape index (κ2) is 4.01. The molecule has 0 N–H and O–H groups in total. The van der Waals surface area contributed by atoms with E-state index in [1.807, 2.05) is 0 Å². The monoisotopic (exact) mass is 195 g/mol. The summed E-state index contributed by atoms with van der Waals surface area (Å²) in [6.07, 6.45) is 1.91. The van der Waals surface area contributed by atoms with Gasteiger partial charge in [-0.1, -0.05) is 25.9 Å². The van der Waals surface area contributed by atoms with Crippen LogP contribution in [0.1, 0.15) is 40.0 Å². The first kappa shape index (κ1) is 11.1. The molecule has 1 saturated carbocycles. The molecule has 78 valence electrons. The third-order valence-corrected chi connectivity index (χ3v) is 2.95. The molecule has 0 aromatic rings. The summed E-state index contributed by atoms with van der Waals surface area (Å²) in [4.78, 5) is 14.1. The van der Waals surface area contributed by atoms with E-state index < -0.39 is 0 Å². The molecular weight excluding hydrogens is 178 g/mol. The van der Waals surface area contributed by atoms with Crippen molar-refractivity contribution >= 4 is 5.78 Å². The molecule has 14 heavy (non-hydrogen) atoms. The lowest BCUT2D eigenvalue weighted by Gasteiger charge is -2.37. The molecule has 1 fully saturated rings. The summed E-state index contributed by atoms with van der Waals surface area (Å²) < 4.78 is 0. The molecule has 0 heterocycles. The van der Waals surface area contributed by atoms with E-state index in [9.17, 15) is 4.79 Å². The van der Waals surface area contributed by atoms with Gasteiger partial charge in [-0.05, 0) is 23.3 Å². The fourth-order valence-corrected chi connectivity index (χ4v) is 2.18. The molecule has 1 aliphatic carbocycles. The Kier molecular flexibility index (Phi) is 3.17. The molecule has 0 saturated heterocycles. The van der Waals surface area contributed by atoms with E-state index >= 15 is 0 Å². The third kappa shape index (κ3) is 2.48. The fraction of sp³-hybridized carbons (Fsp3) is 0.900. The largest absolute Gasteiger partial charge is 0.300 e. The molecule has 0 bridgehead atoms. The van der Waals surface area contributed by atoms with Gasteiger partial charge in [-0.15, -0.1) is 0 Å². The van der Waals surface area contributed by atoms with E-state index in [2.05, 4.69) is 30.8 Å². The Hall–Kier alpha value is -1.02. The van der Waals surface area contributed by atoms with Crippen LogP contribution in [0.2, 0.25) is 0 Å². The van der Waals surface area contributed by atoms with Crippen LogP contribution >= 0.6 is 0 Å². The van der Waals surface area contributed by atoms with Gasteiger partial charge in [-0.3, -0.25) is 4.79 Å². The number of azide groups is 1. The van der Waals surface area contributed by atoms with Crippen molar-refractivity contribution in [1.29, 1.82) is 0 Å². The molecule has 0 spiro atoms. The molecule has 4 heteroatoms. The van der Waals surface area contributed by atoms with Crippen molar-refractivity contribution in [1.82, 2.24) is 0 Å². The number of ketones is 1. The summed E-state index contributed by atoms with van der Waals surface area (Å²) in [6, 6.07) is -0.138. The highest BCUT2D eigenvalue weighted by molar-refractivity contribution is 5.80. The van der Waals surface area contributed by atoms with Crippen LogP contribution in [-0.2, 0) is 4.79 Å². The zero-order valence-corrected chi connectivity index (χ0v) is 9.03. The number of carbonyl (C=O) groups excluding carboxylic acids is 1. The average Bonchev–Trinajstić information content (AvgIpc) is 2.02. The van der Waals surface area contributed by atoms with Crippen LogP contribution in [0.5, 0.6) is 0 Å². The summed E-state index contributed by atoms with van der Waals surface area (Å²) >= 11 is 0. The first-order valence-electron chi connectivity index (χ1n) is 5.01. The number of carbonyl (C=O) groups is 1. The molecule has 0 aromatic heterocycles. The minimum absolute atomic E-state index is 0.111. The van der Waals surface area contributed by atoms with E-state index in [0.29, 0.717) is 18.8 Å². The van der Waals surface area contributed by atoms with Crippen molar-refractivity contribution in [3.63, 3.8) is 0 Å². The first-order valence-corrected chi connectivity index (χ1v) is 5.01. The lowest BCUT2D eigenvalue weighted by atomic mass is 9.69. The highest BCUT2D eigenvalue weighted by Gasteiger charge is 2.36. The molecule has 2 atom stereocenters. The number of nitrogens with zero attached hydrogens (tertiary/aromatic N) is 3. The van der Waals surface area contributed by atoms with E-state index in [0.717, 1.165) is 6.42 Å². The van der Waals surface area contributed by atoms with Gasteiger partial charge in [0.05, 0.1) is 0 Å². The zero-order chi connectivity index (χ0) is 10.8. The number of rotatable bonds is 1. The van der Waals surface area contributed by atoms with Crippen LogP contribution in [0.15, 0.2) is 5.11 Å². The van der Waals surface area contributed by atoms with E-state index in [4.69, 9.17) is 5.53 Å². The second-order valence-electron chi connectivity index (χ2n) is 5.03. The van der Waals surface area contributed by atoms with Gasteiger partial charge in [0, 0.05) is 23.8 Å². The minimum atomic E-state index is -0.138. The Morgan fingerprint density at radius 3 is 2.64 bits per heavy atom. The van der Waals surface area contributed by atoms with Gasteiger partial charge >= 0.3 is 0 Å². The quantitative estimate of drug-likeness (QED) is 0.360. The van der Waals surface area contributed by atoms with Gasteiger partial charge < -0.3 is 0 Å². The maximum Gasteiger partial charge on any atom is 0.133 e. The van der Waals surface area contributed by atoms with Crippen LogP contribution in [0.25, 0.3) is 10.4 Å². The molecule has 0 aromatic carbocycles. The normalized spacial score (nSPS) is 28.4. The summed E-state index contributed by atoms with van der Waals surface area (Å²) in [6.45, 7) is 6.40. The van der Waals surface area contributed by atoms with E-state index in [1.54, 1.807) is 0 Å². The van der Waals surface area contributed by atoms with Gasteiger partial charge in [0.15, 0.2) is 0 Å². The van der Waals surface area contributed by atoms with Crippen molar-refractivity contribution in [3.8, 4) is 0 Å². The predicted octanol–water partition coefficient (Wildman–Crippen LogP) is 3.08. The van der Waals surface area contributed by atoms with Crippen molar-refractivity contribution < 1.29 is 4.79 Å². The molecule has 0 radical (unpaired) electrons. The minimum Gasteiger partial charge on any atom is -0.300 e. The molecule has 4 nitrogen and oxygen atoms in total. The molecular formula is C10H17N3O. The molecule has 1 rings (SSSR count). The zero-order valence-electron chi connectivity index (χ0n) is 9.03. The standard InChI is InChI=1S/C10H17N3O/c1-10(2,3)8-5-4-7(14)6-9(8)12-13-11/h8-9H,4-6H2,1-3H3. The van der Waals surface area contributed by atoms with E-state index in [1.165, 1.54) is 0 Å². The van der Waals surface area contributed by atoms with Crippen LogP contribution < -0.4 is 0 Å². The second-order valence-corrected chi connectivity index (χ2v) is 5.03. The Bertz CT molecular complexity index is 274. The van der Waals surface area contributed by atoms with Gasteiger partial charge in [0.1, 0.15) is 5.78 Å². The van der Waals surface area contributed by atoms with Crippen molar-refractivity contribution in [2.75, 3.05) is 0 Å². The maximum atomic E-state index is 11.2. The summed E-state index contributed by atoms with van der Waals surface area (Å²) in [7, 11) is 0. The number of hydrogen-bond donors (Lipinski definition) is 0. The molecule has 0 aliphatic heterocycles. The van der Waals surface area contributed by atoms with Crippen LogP contribution in [0.3, 0.4) is 0 Å². The number of Topliss-reactive ketones (excluding diaryl/α,β-unsaturated/α-hetero) is 1. The van der Waals surface area contributed by atoms with Crippen LogP contribution in [0.4, 0.5) is 0 Å².